The summed E-state index contributed by atoms with van der Waals surface area (Å²) in [6.45, 7) is 8.96. The lowest BCUT2D eigenvalue weighted by Crippen LogP contribution is -3.14. The summed E-state index contributed by atoms with van der Waals surface area (Å²) in [5.74, 6) is 0.772. The van der Waals surface area contributed by atoms with Crippen LogP contribution in [0.25, 0.3) is 0 Å². The van der Waals surface area contributed by atoms with Crippen LogP contribution in [-0.4, -0.2) is 67.8 Å². The van der Waals surface area contributed by atoms with Crippen LogP contribution in [0.4, 0.5) is 5.82 Å². The minimum absolute atomic E-state index is 0.0194. The highest BCUT2D eigenvalue weighted by atomic mass is 16.5. The van der Waals surface area contributed by atoms with Crippen molar-refractivity contribution in [3.63, 3.8) is 0 Å². The van der Waals surface area contributed by atoms with Crippen LogP contribution in [0, 0.1) is 6.92 Å². The smallest absolute Gasteiger partial charge is 0.245 e. The summed E-state index contributed by atoms with van der Waals surface area (Å²) in [5, 5.41) is 6.41. The van der Waals surface area contributed by atoms with Gasteiger partial charge in [-0.3, -0.25) is 9.59 Å². The molecule has 1 fully saturated rings. The molecule has 8 nitrogen and oxygen atoms in total. The van der Waals surface area contributed by atoms with Crippen molar-refractivity contribution < 1.29 is 23.7 Å². The number of anilines is 1. The maximum Gasteiger partial charge on any atom is 0.245 e. The molecule has 0 saturated carbocycles. The molecule has 0 aromatic carbocycles. The second-order valence-electron chi connectivity index (χ2n) is 6.40. The zero-order valence-corrected chi connectivity index (χ0v) is 15.2. The fraction of sp³-hybridized carbons (Fsp3) is 0.706. The molecule has 140 valence electrons. The van der Waals surface area contributed by atoms with E-state index in [-0.39, 0.29) is 18.4 Å². The van der Waals surface area contributed by atoms with Gasteiger partial charge in [-0.1, -0.05) is 12.1 Å². The zero-order valence-electron chi connectivity index (χ0n) is 15.2. The molecule has 2 heterocycles. The number of morpholine rings is 1. The molecule has 0 aliphatic carbocycles. The summed E-state index contributed by atoms with van der Waals surface area (Å²) in [6, 6.07) is 1.65. The molecule has 25 heavy (non-hydrogen) atoms. The third kappa shape index (κ3) is 6.83. The molecular weight excluding hydrogens is 324 g/mol. The molecule has 2 N–H and O–H groups in total. The van der Waals surface area contributed by atoms with Gasteiger partial charge < -0.3 is 24.4 Å². The third-order valence-electron chi connectivity index (χ3n) is 4.20. The number of rotatable bonds is 9. The van der Waals surface area contributed by atoms with Crippen LogP contribution in [0.2, 0.25) is 0 Å². The van der Waals surface area contributed by atoms with Gasteiger partial charge >= 0.3 is 0 Å². The predicted octanol–water partition coefficient (Wildman–Crippen LogP) is -0.145. The topological polar surface area (TPSA) is 89.1 Å². The van der Waals surface area contributed by atoms with E-state index in [1.165, 1.54) is 4.90 Å². The van der Waals surface area contributed by atoms with E-state index >= 15 is 0 Å². The SMILES string of the molecule is CCCC(=O)N(CCC[NH+]1CCOCC1)CC(=O)Nc1cc(C)on1. The monoisotopic (exact) mass is 353 g/mol. The number of carbonyl (C=O) groups excluding carboxylic acids is 2. The Morgan fingerprint density at radius 1 is 1.36 bits per heavy atom. The van der Waals surface area contributed by atoms with Gasteiger partial charge in [0.05, 0.1) is 26.3 Å². The average molecular weight is 353 g/mol. The number of aryl methyl sites for hydroxylation is 1. The van der Waals surface area contributed by atoms with Gasteiger partial charge in [0.1, 0.15) is 18.8 Å². The molecule has 1 aliphatic rings. The Labute approximate surface area is 148 Å². The van der Waals surface area contributed by atoms with Crippen molar-refractivity contribution in [2.45, 2.75) is 33.1 Å². The summed E-state index contributed by atoms with van der Waals surface area (Å²) in [4.78, 5) is 27.6. The summed E-state index contributed by atoms with van der Waals surface area (Å²) in [6.07, 6.45) is 2.11. The normalized spacial score (nSPS) is 15.1. The van der Waals surface area contributed by atoms with E-state index in [0.717, 1.165) is 45.7 Å². The minimum atomic E-state index is -0.253. The van der Waals surface area contributed by atoms with Gasteiger partial charge in [0, 0.05) is 25.5 Å². The first-order valence-electron chi connectivity index (χ1n) is 9.00. The predicted molar refractivity (Wildman–Crippen MR) is 92.4 cm³/mol. The summed E-state index contributed by atoms with van der Waals surface area (Å²) in [5.41, 5.74) is 0. The van der Waals surface area contributed by atoms with Crippen LogP contribution in [0.5, 0.6) is 0 Å². The van der Waals surface area contributed by atoms with Crippen molar-refractivity contribution in [2.75, 3.05) is 51.3 Å². The molecule has 1 aliphatic heterocycles. The Balaban J connectivity index is 1.81. The lowest BCUT2D eigenvalue weighted by Gasteiger charge is -2.26. The highest BCUT2D eigenvalue weighted by Crippen LogP contribution is 2.07. The molecule has 2 amide bonds. The standard InChI is InChI=1S/C17H28N4O4/c1-3-5-17(23)21(7-4-6-20-8-10-24-11-9-20)13-16(22)18-15-12-14(2)25-19-15/h12H,3-11,13H2,1-2H3,(H,18,19,22)/p+1. The summed E-state index contributed by atoms with van der Waals surface area (Å²) >= 11 is 0. The zero-order chi connectivity index (χ0) is 18.1. The Morgan fingerprint density at radius 2 is 2.12 bits per heavy atom. The molecule has 0 spiro atoms. The number of nitrogens with one attached hydrogen (secondary N) is 2. The lowest BCUT2D eigenvalue weighted by atomic mass is 10.2. The molecular formula is C17H29N4O4+. The molecule has 0 radical (unpaired) electrons. The van der Waals surface area contributed by atoms with Gasteiger partial charge in [-0.15, -0.1) is 0 Å². The molecule has 8 heteroatoms. The van der Waals surface area contributed by atoms with Crippen molar-refractivity contribution in [3.05, 3.63) is 11.8 Å². The fourth-order valence-corrected chi connectivity index (χ4v) is 2.87. The van der Waals surface area contributed by atoms with Crippen molar-refractivity contribution in [2.24, 2.45) is 0 Å². The van der Waals surface area contributed by atoms with E-state index in [2.05, 4.69) is 10.5 Å². The number of hydrogen-bond donors (Lipinski definition) is 2. The number of aromatic nitrogens is 1. The van der Waals surface area contributed by atoms with Crippen LogP contribution in [-0.2, 0) is 14.3 Å². The maximum absolute atomic E-state index is 12.3. The molecule has 0 bridgehead atoms. The second-order valence-corrected chi connectivity index (χ2v) is 6.40. The van der Waals surface area contributed by atoms with E-state index in [0.29, 0.717) is 24.5 Å². The Morgan fingerprint density at radius 3 is 2.76 bits per heavy atom. The van der Waals surface area contributed by atoms with Crippen LogP contribution in [0.3, 0.4) is 0 Å². The molecule has 1 aromatic rings. The van der Waals surface area contributed by atoms with Gasteiger partial charge in [0.25, 0.3) is 0 Å². The van der Waals surface area contributed by atoms with E-state index in [1.54, 1.807) is 17.9 Å². The van der Waals surface area contributed by atoms with Gasteiger partial charge in [-0.05, 0) is 13.3 Å². The number of hydrogen-bond acceptors (Lipinski definition) is 5. The fourth-order valence-electron chi connectivity index (χ4n) is 2.87. The number of quaternary nitrogens is 1. The molecule has 0 atom stereocenters. The third-order valence-corrected chi connectivity index (χ3v) is 4.20. The first kappa shape index (κ1) is 19.4. The Bertz CT molecular complexity index is 555. The number of amides is 2. The van der Waals surface area contributed by atoms with E-state index < -0.39 is 0 Å². The minimum Gasteiger partial charge on any atom is -0.370 e. The number of carbonyl (C=O) groups is 2. The van der Waals surface area contributed by atoms with Crippen molar-refractivity contribution >= 4 is 17.6 Å². The van der Waals surface area contributed by atoms with E-state index in [9.17, 15) is 9.59 Å². The van der Waals surface area contributed by atoms with Crippen LogP contribution >= 0.6 is 0 Å². The van der Waals surface area contributed by atoms with Gasteiger partial charge in [0.2, 0.25) is 11.8 Å². The Hall–Kier alpha value is -1.93. The molecule has 0 unspecified atom stereocenters. The quantitative estimate of drug-likeness (QED) is 0.645. The van der Waals surface area contributed by atoms with Crippen LogP contribution < -0.4 is 10.2 Å². The highest BCUT2D eigenvalue weighted by Gasteiger charge is 2.19. The molecule has 2 rings (SSSR count). The van der Waals surface area contributed by atoms with Crippen molar-refractivity contribution in [3.8, 4) is 0 Å². The maximum atomic E-state index is 12.3. The van der Waals surface area contributed by atoms with Gasteiger partial charge in [-0.2, -0.15) is 0 Å². The Kier molecular flexibility index (Phi) is 7.87. The number of nitrogens with zero attached hydrogens (tertiary/aromatic N) is 2. The van der Waals surface area contributed by atoms with Gasteiger partial charge in [-0.25, -0.2) is 0 Å². The van der Waals surface area contributed by atoms with E-state index in [1.807, 2.05) is 6.92 Å². The van der Waals surface area contributed by atoms with Crippen molar-refractivity contribution in [1.29, 1.82) is 0 Å². The van der Waals surface area contributed by atoms with Crippen molar-refractivity contribution in [1.82, 2.24) is 10.1 Å². The summed E-state index contributed by atoms with van der Waals surface area (Å²) in [7, 11) is 0. The van der Waals surface area contributed by atoms with Crippen LogP contribution in [0.15, 0.2) is 10.6 Å². The molecule has 1 saturated heterocycles. The largest absolute Gasteiger partial charge is 0.370 e. The first-order chi connectivity index (χ1) is 12.1. The summed E-state index contributed by atoms with van der Waals surface area (Å²) < 4.78 is 10.3. The van der Waals surface area contributed by atoms with E-state index in [4.69, 9.17) is 9.26 Å². The molecule has 1 aromatic heterocycles. The first-order valence-corrected chi connectivity index (χ1v) is 9.00. The second kappa shape index (κ2) is 10.1. The van der Waals surface area contributed by atoms with Gasteiger partial charge in [0.15, 0.2) is 5.82 Å². The average Bonchev–Trinajstić information content (AvgIpc) is 3.00. The highest BCUT2D eigenvalue weighted by molar-refractivity contribution is 5.93. The lowest BCUT2D eigenvalue weighted by molar-refractivity contribution is -0.908. The van der Waals surface area contributed by atoms with Crippen LogP contribution in [0.1, 0.15) is 31.9 Å². The number of ether oxygens (including phenoxy) is 1.